The Morgan fingerprint density at radius 3 is 2.48 bits per heavy atom. The molecule has 116 valence electrons. The van der Waals surface area contributed by atoms with Gasteiger partial charge in [-0.3, -0.25) is 9.69 Å². The summed E-state index contributed by atoms with van der Waals surface area (Å²) in [6.45, 7) is 7.26. The van der Waals surface area contributed by atoms with E-state index in [0.29, 0.717) is 6.54 Å². The summed E-state index contributed by atoms with van der Waals surface area (Å²) in [7, 11) is 4.01. The molecule has 0 N–H and O–H groups in total. The lowest BCUT2D eigenvalue weighted by Crippen LogP contribution is -2.35. The van der Waals surface area contributed by atoms with Crippen molar-refractivity contribution in [2.24, 2.45) is 0 Å². The molecule has 0 saturated heterocycles. The fraction of sp³-hybridized carbons (Fsp3) is 0.467. The SMILES string of the molecule is CC(=O)N(CCN(C)C)c1nc2c(C)c(C)ccc2s1.Cl. The molecular weight excluding hydrogens is 306 g/mol. The lowest BCUT2D eigenvalue weighted by atomic mass is 10.1. The number of aryl methyl sites for hydroxylation is 2. The number of fused-ring (bicyclic) bond motifs is 1. The van der Waals surface area contributed by atoms with E-state index >= 15 is 0 Å². The number of thiazole rings is 1. The highest BCUT2D eigenvalue weighted by molar-refractivity contribution is 7.22. The quantitative estimate of drug-likeness (QED) is 0.865. The molecule has 1 aromatic carbocycles. The van der Waals surface area contributed by atoms with E-state index in [1.54, 1.807) is 23.2 Å². The normalized spacial score (nSPS) is 10.8. The van der Waals surface area contributed by atoms with Crippen molar-refractivity contribution in [1.29, 1.82) is 0 Å². The summed E-state index contributed by atoms with van der Waals surface area (Å²) in [5.41, 5.74) is 3.44. The molecule has 2 rings (SSSR count). The van der Waals surface area contributed by atoms with E-state index in [1.165, 1.54) is 11.1 Å². The van der Waals surface area contributed by atoms with Crippen LogP contribution in [0.1, 0.15) is 18.1 Å². The minimum atomic E-state index is 0. The van der Waals surface area contributed by atoms with Gasteiger partial charge in [-0.15, -0.1) is 12.4 Å². The number of carbonyl (C=O) groups excluding carboxylic acids is 1. The summed E-state index contributed by atoms with van der Waals surface area (Å²) in [6, 6.07) is 4.20. The van der Waals surface area contributed by atoms with Crippen LogP contribution in [0.4, 0.5) is 5.13 Å². The Labute approximate surface area is 136 Å². The minimum absolute atomic E-state index is 0. The Balaban J connectivity index is 0.00000220. The molecule has 0 fully saturated rings. The van der Waals surface area contributed by atoms with Gasteiger partial charge in [0.2, 0.25) is 5.91 Å². The molecule has 0 bridgehead atoms. The van der Waals surface area contributed by atoms with Gasteiger partial charge in [0.1, 0.15) is 0 Å². The van der Waals surface area contributed by atoms with E-state index in [1.807, 2.05) is 14.1 Å². The lowest BCUT2D eigenvalue weighted by Gasteiger charge is -2.20. The highest BCUT2D eigenvalue weighted by atomic mass is 35.5. The van der Waals surface area contributed by atoms with Gasteiger partial charge in [-0.25, -0.2) is 4.98 Å². The average Bonchev–Trinajstić information content (AvgIpc) is 2.78. The second-order valence-electron chi connectivity index (χ2n) is 5.32. The van der Waals surface area contributed by atoms with E-state index in [4.69, 9.17) is 0 Å². The second-order valence-corrected chi connectivity index (χ2v) is 6.33. The van der Waals surface area contributed by atoms with Crippen molar-refractivity contribution >= 4 is 45.0 Å². The van der Waals surface area contributed by atoms with E-state index in [-0.39, 0.29) is 18.3 Å². The molecule has 0 unspecified atom stereocenters. The number of carbonyl (C=O) groups is 1. The number of anilines is 1. The fourth-order valence-corrected chi connectivity index (χ4v) is 3.11. The van der Waals surface area contributed by atoms with Crippen LogP contribution in [-0.2, 0) is 4.79 Å². The van der Waals surface area contributed by atoms with Crippen LogP contribution in [0.2, 0.25) is 0 Å². The number of benzene rings is 1. The summed E-state index contributed by atoms with van der Waals surface area (Å²) in [5, 5.41) is 0.794. The van der Waals surface area contributed by atoms with E-state index in [0.717, 1.165) is 21.9 Å². The number of halogens is 1. The number of hydrogen-bond acceptors (Lipinski definition) is 4. The van der Waals surface area contributed by atoms with Crippen LogP contribution >= 0.6 is 23.7 Å². The fourth-order valence-electron chi connectivity index (χ4n) is 2.02. The van der Waals surface area contributed by atoms with Crippen molar-refractivity contribution in [3.05, 3.63) is 23.3 Å². The molecule has 21 heavy (non-hydrogen) atoms. The van der Waals surface area contributed by atoms with E-state index in [9.17, 15) is 4.79 Å². The van der Waals surface area contributed by atoms with Crippen LogP contribution in [-0.4, -0.2) is 43.0 Å². The van der Waals surface area contributed by atoms with Gasteiger partial charge in [-0.1, -0.05) is 17.4 Å². The highest BCUT2D eigenvalue weighted by Crippen LogP contribution is 2.31. The van der Waals surface area contributed by atoms with Gasteiger partial charge in [0.15, 0.2) is 5.13 Å². The number of likely N-dealkylation sites (N-methyl/N-ethyl adjacent to an activating group) is 1. The zero-order chi connectivity index (χ0) is 14.9. The number of nitrogens with zero attached hydrogens (tertiary/aromatic N) is 3. The predicted octanol–water partition coefficient (Wildman–Crippen LogP) is 3.25. The Morgan fingerprint density at radius 2 is 1.90 bits per heavy atom. The van der Waals surface area contributed by atoms with Crippen LogP contribution in [0.5, 0.6) is 0 Å². The third-order valence-corrected chi connectivity index (χ3v) is 4.50. The molecule has 0 atom stereocenters. The summed E-state index contributed by atoms with van der Waals surface area (Å²) in [6.07, 6.45) is 0. The number of hydrogen-bond donors (Lipinski definition) is 0. The first kappa shape index (κ1) is 17.9. The van der Waals surface area contributed by atoms with Crippen molar-refractivity contribution < 1.29 is 4.79 Å². The van der Waals surface area contributed by atoms with E-state index in [2.05, 4.69) is 35.9 Å². The largest absolute Gasteiger partial charge is 0.308 e. The third-order valence-electron chi connectivity index (χ3n) is 3.46. The number of amides is 1. The first-order valence-electron chi connectivity index (χ1n) is 6.69. The van der Waals surface area contributed by atoms with Gasteiger partial charge >= 0.3 is 0 Å². The molecule has 1 aromatic heterocycles. The maximum atomic E-state index is 11.9. The maximum absolute atomic E-state index is 11.9. The molecule has 4 nitrogen and oxygen atoms in total. The monoisotopic (exact) mass is 327 g/mol. The molecule has 0 aliphatic heterocycles. The lowest BCUT2D eigenvalue weighted by molar-refractivity contribution is -0.116. The Morgan fingerprint density at radius 1 is 1.24 bits per heavy atom. The van der Waals surface area contributed by atoms with Crippen LogP contribution in [0.3, 0.4) is 0 Å². The van der Waals surface area contributed by atoms with Gasteiger partial charge in [0.05, 0.1) is 10.2 Å². The summed E-state index contributed by atoms with van der Waals surface area (Å²) < 4.78 is 1.14. The molecule has 0 saturated carbocycles. The summed E-state index contributed by atoms with van der Waals surface area (Å²) in [4.78, 5) is 20.4. The van der Waals surface area contributed by atoms with Crippen LogP contribution in [0, 0.1) is 13.8 Å². The van der Waals surface area contributed by atoms with Crippen LogP contribution in [0.25, 0.3) is 10.2 Å². The first-order chi connectivity index (χ1) is 9.40. The molecule has 2 aromatic rings. The van der Waals surface area contributed by atoms with Crippen LogP contribution < -0.4 is 4.90 Å². The zero-order valence-electron chi connectivity index (χ0n) is 13.1. The van der Waals surface area contributed by atoms with Gasteiger partial charge in [0, 0.05) is 20.0 Å². The third kappa shape index (κ3) is 3.93. The van der Waals surface area contributed by atoms with E-state index < -0.39 is 0 Å². The second kappa shape index (κ2) is 7.20. The summed E-state index contributed by atoms with van der Waals surface area (Å²) in [5.74, 6) is 0.0419. The predicted molar refractivity (Wildman–Crippen MR) is 92.9 cm³/mol. The summed E-state index contributed by atoms with van der Waals surface area (Å²) >= 11 is 1.58. The average molecular weight is 328 g/mol. The molecule has 0 aliphatic carbocycles. The molecule has 0 spiro atoms. The standard InChI is InChI=1S/C15H21N3OS.ClH/c1-10-6-7-13-14(11(10)2)16-15(20-13)18(12(3)19)9-8-17(4)5;/h6-7H,8-9H2,1-5H3;1H. The van der Waals surface area contributed by atoms with Crippen molar-refractivity contribution in [2.75, 3.05) is 32.1 Å². The topological polar surface area (TPSA) is 36.4 Å². The van der Waals surface area contributed by atoms with Crippen molar-refractivity contribution in [3.63, 3.8) is 0 Å². The molecule has 6 heteroatoms. The minimum Gasteiger partial charge on any atom is -0.308 e. The molecule has 1 heterocycles. The molecule has 1 amide bonds. The number of rotatable bonds is 4. The van der Waals surface area contributed by atoms with Gasteiger partial charge in [-0.2, -0.15) is 0 Å². The van der Waals surface area contributed by atoms with Crippen LogP contribution in [0.15, 0.2) is 12.1 Å². The Bertz CT molecular complexity index is 639. The molecule has 0 radical (unpaired) electrons. The van der Waals surface area contributed by atoms with Gasteiger partial charge in [-0.05, 0) is 45.1 Å². The Kier molecular flexibility index (Phi) is 6.13. The Hall–Kier alpha value is -1.17. The van der Waals surface area contributed by atoms with Crippen molar-refractivity contribution in [3.8, 4) is 0 Å². The highest BCUT2D eigenvalue weighted by Gasteiger charge is 2.17. The number of aromatic nitrogens is 1. The smallest absolute Gasteiger partial charge is 0.225 e. The van der Waals surface area contributed by atoms with Gasteiger partial charge < -0.3 is 4.90 Å². The van der Waals surface area contributed by atoms with Gasteiger partial charge in [0.25, 0.3) is 0 Å². The van der Waals surface area contributed by atoms with Crippen molar-refractivity contribution in [1.82, 2.24) is 9.88 Å². The maximum Gasteiger partial charge on any atom is 0.225 e. The zero-order valence-corrected chi connectivity index (χ0v) is 14.8. The molecular formula is C15H22ClN3OS. The molecule has 0 aliphatic rings. The van der Waals surface area contributed by atoms with Crippen molar-refractivity contribution in [2.45, 2.75) is 20.8 Å². The first-order valence-corrected chi connectivity index (χ1v) is 7.51.